The first-order chi connectivity index (χ1) is 9.54. The van der Waals surface area contributed by atoms with Crippen molar-refractivity contribution in [3.63, 3.8) is 0 Å². The number of hydrogen-bond donors (Lipinski definition) is 1. The van der Waals surface area contributed by atoms with Crippen LogP contribution < -0.4 is 4.90 Å². The van der Waals surface area contributed by atoms with Crippen LogP contribution >= 0.6 is 0 Å². The van der Waals surface area contributed by atoms with Crippen LogP contribution in [0.25, 0.3) is 0 Å². The minimum Gasteiger partial charge on any atom is -0.362 e. The number of likely N-dealkylation sites (N-methyl/N-ethyl adjacent to an activating group) is 2. The van der Waals surface area contributed by atoms with Crippen LogP contribution in [0.4, 0.5) is 5.82 Å². The Kier molecular flexibility index (Phi) is 4.13. The van der Waals surface area contributed by atoms with E-state index in [1.54, 1.807) is 0 Å². The van der Waals surface area contributed by atoms with Gasteiger partial charge in [0.15, 0.2) is 0 Å². The first kappa shape index (κ1) is 14.2. The maximum Gasteiger partial charge on any atom is 0.133 e. The van der Waals surface area contributed by atoms with Gasteiger partial charge in [0.1, 0.15) is 11.7 Å². The third-order valence-corrected chi connectivity index (χ3v) is 3.31. The van der Waals surface area contributed by atoms with Gasteiger partial charge in [-0.25, -0.2) is 0 Å². The first-order valence-corrected chi connectivity index (χ1v) is 6.72. The van der Waals surface area contributed by atoms with Crippen LogP contribution in [0.3, 0.4) is 0 Å². The van der Waals surface area contributed by atoms with Crippen molar-refractivity contribution in [2.24, 2.45) is 4.99 Å². The molecule has 0 aliphatic carbocycles. The highest BCUT2D eigenvalue weighted by Gasteiger charge is 2.18. The normalized spacial score (nSPS) is 18.6. The Hall–Kier alpha value is -2.23. The van der Waals surface area contributed by atoms with Crippen molar-refractivity contribution >= 4 is 11.7 Å². The molecule has 0 bridgehead atoms. The number of aromatic nitrogens is 1. The summed E-state index contributed by atoms with van der Waals surface area (Å²) < 4.78 is 0. The molecule has 0 amide bonds. The zero-order valence-electron chi connectivity index (χ0n) is 12.6. The summed E-state index contributed by atoms with van der Waals surface area (Å²) in [5.41, 5.74) is 2.12. The van der Waals surface area contributed by atoms with Crippen molar-refractivity contribution in [3.8, 4) is 0 Å². The van der Waals surface area contributed by atoms with E-state index in [0.717, 1.165) is 22.9 Å². The summed E-state index contributed by atoms with van der Waals surface area (Å²) in [6, 6.07) is 4.18. The minimum absolute atomic E-state index is 0.150. The predicted octanol–water partition coefficient (Wildman–Crippen LogP) is 2.81. The molecule has 0 saturated carbocycles. The second kappa shape index (κ2) is 5.82. The average molecular weight is 270 g/mol. The van der Waals surface area contributed by atoms with Gasteiger partial charge in [-0.05, 0) is 25.1 Å². The largest absolute Gasteiger partial charge is 0.362 e. The molecule has 20 heavy (non-hydrogen) atoms. The molecule has 4 heteroatoms. The zero-order chi connectivity index (χ0) is 14.7. The third-order valence-electron chi connectivity index (χ3n) is 3.31. The van der Waals surface area contributed by atoms with E-state index in [4.69, 9.17) is 4.99 Å². The van der Waals surface area contributed by atoms with Crippen LogP contribution in [0.5, 0.6) is 0 Å². The highest BCUT2D eigenvalue weighted by Crippen LogP contribution is 2.23. The van der Waals surface area contributed by atoms with Crippen LogP contribution in [0.15, 0.2) is 59.4 Å². The van der Waals surface area contributed by atoms with E-state index in [1.807, 2.05) is 50.4 Å². The van der Waals surface area contributed by atoms with Gasteiger partial charge in [-0.15, -0.1) is 0 Å². The maximum absolute atomic E-state index is 4.73. The smallest absolute Gasteiger partial charge is 0.133 e. The fraction of sp³-hybridized carbons (Fsp3) is 0.312. The maximum atomic E-state index is 4.73. The Balaban J connectivity index is 2.54. The lowest BCUT2D eigenvalue weighted by Crippen LogP contribution is -2.27. The summed E-state index contributed by atoms with van der Waals surface area (Å²) in [5.74, 6) is 1.99. The second-order valence-corrected chi connectivity index (χ2v) is 5.06. The molecular weight excluding hydrogens is 248 g/mol. The van der Waals surface area contributed by atoms with Gasteiger partial charge >= 0.3 is 0 Å². The van der Waals surface area contributed by atoms with E-state index in [0.29, 0.717) is 0 Å². The number of hydrogen-bond acceptors (Lipinski definition) is 3. The van der Waals surface area contributed by atoms with Crippen LogP contribution in [0.2, 0.25) is 0 Å². The number of anilines is 1. The molecule has 1 aliphatic rings. The lowest BCUT2D eigenvalue weighted by molar-refractivity contribution is 0.615. The Bertz CT molecular complexity index is 561. The summed E-state index contributed by atoms with van der Waals surface area (Å²) in [4.78, 5) is 12.1. The standard InChI is InChI=1S/C16H22N4/c1-6-13-14(20(5)15-8-7-11-17-15)10-9-12(2)18-16(13)19(3)4/h6-12,17H,1H2,2-5H3. The molecule has 4 nitrogen and oxygen atoms in total. The fourth-order valence-electron chi connectivity index (χ4n) is 2.24. The molecule has 0 saturated heterocycles. The second-order valence-electron chi connectivity index (χ2n) is 5.06. The van der Waals surface area contributed by atoms with E-state index in [9.17, 15) is 0 Å². The average Bonchev–Trinajstić information content (AvgIpc) is 2.88. The van der Waals surface area contributed by atoms with E-state index in [1.165, 1.54) is 0 Å². The molecule has 0 spiro atoms. The number of aliphatic imine (C=N–C) groups is 1. The Morgan fingerprint density at radius 1 is 1.35 bits per heavy atom. The lowest BCUT2D eigenvalue weighted by Gasteiger charge is -2.24. The number of rotatable bonds is 3. The van der Waals surface area contributed by atoms with Gasteiger partial charge in [0, 0.05) is 32.9 Å². The van der Waals surface area contributed by atoms with Gasteiger partial charge in [0.25, 0.3) is 0 Å². The van der Waals surface area contributed by atoms with E-state index >= 15 is 0 Å². The van der Waals surface area contributed by atoms with Crippen molar-refractivity contribution < 1.29 is 0 Å². The number of aromatic amines is 1. The summed E-state index contributed by atoms with van der Waals surface area (Å²) in [7, 11) is 6.05. The summed E-state index contributed by atoms with van der Waals surface area (Å²) in [6.45, 7) is 6.04. The van der Waals surface area contributed by atoms with Crippen molar-refractivity contribution in [3.05, 3.63) is 54.4 Å². The van der Waals surface area contributed by atoms with Gasteiger partial charge in [0.2, 0.25) is 0 Å². The molecule has 1 N–H and O–H groups in total. The highest BCUT2D eigenvalue weighted by atomic mass is 15.2. The van der Waals surface area contributed by atoms with E-state index in [2.05, 4.69) is 35.5 Å². The first-order valence-electron chi connectivity index (χ1n) is 6.72. The molecule has 1 unspecified atom stereocenters. The Labute approximate surface area is 120 Å². The summed E-state index contributed by atoms with van der Waals surface area (Å²) in [5, 5.41) is 0. The number of amidine groups is 1. The monoisotopic (exact) mass is 270 g/mol. The van der Waals surface area contributed by atoms with Crippen molar-refractivity contribution in [1.29, 1.82) is 0 Å². The molecule has 0 fully saturated rings. The zero-order valence-corrected chi connectivity index (χ0v) is 12.6. The molecule has 1 aromatic rings. The number of nitrogens with one attached hydrogen (secondary N) is 1. The summed E-state index contributed by atoms with van der Waals surface area (Å²) >= 11 is 0. The molecular formula is C16H22N4. The highest BCUT2D eigenvalue weighted by molar-refractivity contribution is 6.02. The number of H-pyrrole nitrogens is 1. The molecule has 0 radical (unpaired) electrons. The lowest BCUT2D eigenvalue weighted by atomic mass is 10.1. The number of nitrogens with zero attached hydrogens (tertiary/aromatic N) is 3. The van der Waals surface area contributed by atoms with Crippen molar-refractivity contribution in [2.75, 3.05) is 26.0 Å². The topological polar surface area (TPSA) is 34.6 Å². The predicted molar refractivity (Wildman–Crippen MR) is 86.1 cm³/mol. The van der Waals surface area contributed by atoms with Crippen molar-refractivity contribution in [2.45, 2.75) is 13.0 Å². The van der Waals surface area contributed by atoms with Gasteiger partial charge in [-0.2, -0.15) is 0 Å². The number of allylic oxidation sites excluding steroid dienone is 1. The van der Waals surface area contributed by atoms with Crippen LogP contribution in [0, 0.1) is 0 Å². The fourth-order valence-corrected chi connectivity index (χ4v) is 2.24. The van der Waals surface area contributed by atoms with E-state index in [-0.39, 0.29) is 6.04 Å². The SMILES string of the molecule is C=CC1=C(N(C)c2ccc[nH]2)C=CC(C)N=C1N(C)C. The molecule has 2 rings (SSSR count). The van der Waals surface area contributed by atoms with E-state index < -0.39 is 0 Å². The Morgan fingerprint density at radius 2 is 2.10 bits per heavy atom. The van der Waals surface area contributed by atoms with Gasteiger partial charge in [-0.3, -0.25) is 4.99 Å². The third kappa shape index (κ3) is 2.69. The molecule has 1 atom stereocenters. The molecule has 106 valence electrons. The summed E-state index contributed by atoms with van der Waals surface area (Å²) in [6.07, 6.45) is 8.01. The van der Waals surface area contributed by atoms with Crippen LogP contribution in [0.1, 0.15) is 6.92 Å². The van der Waals surface area contributed by atoms with Crippen LogP contribution in [-0.2, 0) is 0 Å². The quantitative estimate of drug-likeness (QED) is 0.916. The Morgan fingerprint density at radius 3 is 2.65 bits per heavy atom. The van der Waals surface area contributed by atoms with Gasteiger partial charge < -0.3 is 14.8 Å². The minimum atomic E-state index is 0.150. The van der Waals surface area contributed by atoms with Crippen molar-refractivity contribution in [1.82, 2.24) is 9.88 Å². The van der Waals surface area contributed by atoms with Crippen LogP contribution in [-0.4, -0.2) is 42.9 Å². The van der Waals surface area contributed by atoms with Gasteiger partial charge in [0.05, 0.1) is 11.7 Å². The molecule has 1 aromatic heterocycles. The molecule has 2 heterocycles. The molecule has 0 aromatic carbocycles. The molecule has 1 aliphatic heterocycles. The van der Waals surface area contributed by atoms with Gasteiger partial charge in [-0.1, -0.05) is 18.7 Å².